The Bertz CT molecular complexity index is 779. The zero-order valence-electron chi connectivity index (χ0n) is 21.3. The molecule has 0 nitrogen and oxygen atoms in total. The van der Waals surface area contributed by atoms with Gasteiger partial charge >= 0.3 is 0 Å². The first-order chi connectivity index (χ1) is 13.9. The van der Waals surface area contributed by atoms with Gasteiger partial charge in [0.15, 0.2) is 0 Å². The van der Waals surface area contributed by atoms with Gasteiger partial charge in [0.2, 0.25) is 0 Å². The van der Waals surface area contributed by atoms with Crippen LogP contribution in [0.25, 0.3) is 0 Å². The van der Waals surface area contributed by atoms with E-state index in [1.807, 2.05) is 6.07 Å². The first-order valence-corrected chi connectivity index (χ1v) is 11.7. The first kappa shape index (κ1) is 26.2. The van der Waals surface area contributed by atoms with Gasteiger partial charge in [-0.05, 0) is 84.6 Å². The summed E-state index contributed by atoms with van der Waals surface area (Å²) in [5, 5.41) is 0. The van der Waals surface area contributed by atoms with Gasteiger partial charge < -0.3 is 0 Å². The van der Waals surface area contributed by atoms with Crippen molar-refractivity contribution in [3.8, 4) is 0 Å². The second-order valence-corrected chi connectivity index (χ2v) is 10.8. The molecule has 0 unspecified atom stereocenters. The van der Waals surface area contributed by atoms with E-state index in [-0.39, 0.29) is 10.8 Å². The second kappa shape index (κ2) is 11.5. The Morgan fingerprint density at radius 2 is 1.40 bits per heavy atom. The lowest BCUT2D eigenvalue weighted by atomic mass is 9.76. The Morgan fingerprint density at radius 3 is 1.83 bits per heavy atom. The van der Waals surface area contributed by atoms with Gasteiger partial charge in [-0.3, -0.25) is 0 Å². The maximum Gasteiger partial charge on any atom is -0.0129 e. The molecule has 0 heterocycles. The monoisotopic (exact) mass is 406 g/mol. The van der Waals surface area contributed by atoms with E-state index in [4.69, 9.17) is 0 Å². The van der Waals surface area contributed by atoms with Crippen LogP contribution in [0.3, 0.4) is 0 Å². The molecule has 0 heteroatoms. The van der Waals surface area contributed by atoms with Crippen LogP contribution in [0.2, 0.25) is 0 Å². The topological polar surface area (TPSA) is 0 Å². The quantitative estimate of drug-likeness (QED) is 0.331. The molecule has 0 aliphatic heterocycles. The fraction of sp³-hybridized carbons (Fsp3) is 0.533. The third-order valence-electron chi connectivity index (χ3n) is 5.62. The minimum absolute atomic E-state index is 0.213. The Balaban J connectivity index is 0.000000467. The zero-order chi connectivity index (χ0) is 22.9. The van der Waals surface area contributed by atoms with Gasteiger partial charge in [-0.15, -0.1) is 6.58 Å². The van der Waals surface area contributed by atoms with E-state index in [0.717, 1.165) is 12.8 Å². The molecule has 0 aliphatic carbocycles. The van der Waals surface area contributed by atoms with Crippen molar-refractivity contribution < 1.29 is 0 Å². The maximum absolute atomic E-state index is 4.01. The van der Waals surface area contributed by atoms with E-state index in [1.165, 1.54) is 47.1 Å². The van der Waals surface area contributed by atoms with Crippen LogP contribution in [0.4, 0.5) is 0 Å². The van der Waals surface area contributed by atoms with Crippen LogP contribution < -0.4 is 0 Å². The summed E-state index contributed by atoms with van der Waals surface area (Å²) in [6, 6.07) is 15.4. The summed E-state index contributed by atoms with van der Waals surface area (Å²) in [4.78, 5) is 0. The highest BCUT2D eigenvalue weighted by Gasteiger charge is 2.23. The summed E-state index contributed by atoms with van der Waals surface area (Å²) in [5.74, 6) is 0. The van der Waals surface area contributed by atoms with E-state index < -0.39 is 0 Å². The molecule has 30 heavy (non-hydrogen) atoms. The lowest BCUT2D eigenvalue weighted by Gasteiger charge is -2.29. The first-order valence-electron chi connectivity index (χ1n) is 11.7. The van der Waals surface area contributed by atoms with E-state index in [2.05, 4.69) is 105 Å². The summed E-state index contributed by atoms with van der Waals surface area (Å²) in [6.07, 6.45) is 5.98. The van der Waals surface area contributed by atoms with Crippen molar-refractivity contribution in [1.29, 1.82) is 0 Å². The fourth-order valence-corrected chi connectivity index (χ4v) is 3.92. The van der Waals surface area contributed by atoms with Crippen LogP contribution in [0, 0.1) is 6.92 Å². The zero-order valence-corrected chi connectivity index (χ0v) is 21.3. The highest BCUT2D eigenvalue weighted by Crippen LogP contribution is 2.34. The smallest absolute Gasteiger partial charge is 0.0129 e. The van der Waals surface area contributed by atoms with Crippen LogP contribution in [-0.4, -0.2) is 0 Å². The number of unbranched alkanes of at least 4 members (excludes halogenated alkanes) is 1. The third kappa shape index (κ3) is 8.90. The summed E-state index contributed by atoms with van der Waals surface area (Å²) < 4.78 is 0. The molecule has 0 fully saturated rings. The third-order valence-corrected chi connectivity index (χ3v) is 5.62. The fourth-order valence-electron chi connectivity index (χ4n) is 3.92. The van der Waals surface area contributed by atoms with Crippen molar-refractivity contribution in [2.45, 2.75) is 105 Å². The number of aryl methyl sites for hydroxylation is 3. The van der Waals surface area contributed by atoms with Gasteiger partial charge in [0.1, 0.15) is 0 Å². The molecular formula is C30H46. The molecule has 2 aromatic rings. The van der Waals surface area contributed by atoms with E-state index in [1.54, 1.807) is 5.56 Å². The van der Waals surface area contributed by atoms with Gasteiger partial charge in [-0.25, -0.2) is 0 Å². The van der Waals surface area contributed by atoms with Crippen molar-refractivity contribution in [1.82, 2.24) is 0 Å². The Labute approximate surface area is 187 Å². The Hall–Kier alpha value is -1.82. The number of allylic oxidation sites excluding steroid dienone is 1. The molecule has 0 atom stereocenters. The van der Waals surface area contributed by atoms with Crippen molar-refractivity contribution in [3.05, 3.63) is 82.4 Å². The van der Waals surface area contributed by atoms with Gasteiger partial charge in [0.25, 0.3) is 0 Å². The predicted octanol–water partition coefficient (Wildman–Crippen LogP) is 9.13. The number of benzene rings is 2. The van der Waals surface area contributed by atoms with Crippen LogP contribution in [0.15, 0.2) is 54.6 Å². The molecule has 0 N–H and O–H groups in total. The molecule has 0 saturated heterocycles. The van der Waals surface area contributed by atoms with Gasteiger partial charge in [0, 0.05) is 0 Å². The molecule has 0 bridgehead atoms. The molecule has 0 amide bonds. The number of hydrogen-bond acceptors (Lipinski definition) is 0. The average Bonchev–Trinajstić information content (AvgIpc) is 2.65. The number of hydrogen-bond donors (Lipinski definition) is 0. The summed E-state index contributed by atoms with van der Waals surface area (Å²) >= 11 is 0. The highest BCUT2D eigenvalue weighted by atomic mass is 14.3. The molecule has 0 spiro atoms. The summed E-state index contributed by atoms with van der Waals surface area (Å²) in [6.45, 7) is 24.5. The average molecular weight is 407 g/mol. The number of rotatable bonds is 6. The Kier molecular flexibility index (Phi) is 10.1. The molecule has 2 rings (SSSR count). The van der Waals surface area contributed by atoms with E-state index >= 15 is 0 Å². The molecule has 0 radical (unpaired) electrons. The molecular weight excluding hydrogens is 360 g/mol. The second-order valence-electron chi connectivity index (χ2n) is 10.8. The minimum atomic E-state index is 0.213. The minimum Gasteiger partial charge on any atom is -0.100 e. The van der Waals surface area contributed by atoms with Crippen LogP contribution in [0.1, 0.15) is 102 Å². The van der Waals surface area contributed by atoms with Crippen molar-refractivity contribution in [2.75, 3.05) is 0 Å². The van der Waals surface area contributed by atoms with Gasteiger partial charge in [0.05, 0.1) is 0 Å². The van der Waals surface area contributed by atoms with Gasteiger partial charge in [-0.1, -0.05) is 96.5 Å². The van der Waals surface area contributed by atoms with Crippen LogP contribution in [-0.2, 0) is 23.7 Å². The van der Waals surface area contributed by atoms with Crippen molar-refractivity contribution in [3.63, 3.8) is 0 Å². The summed E-state index contributed by atoms with van der Waals surface area (Å²) in [7, 11) is 0. The molecule has 0 aromatic heterocycles. The van der Waals surface area contributed by atoms with Crippen molar-refractivity contribution >= 4 is 0 Å². The standard InChI is InChI=1S/C22H36.C8H10/c1-16(2)12-10-11-13-18-15-19(21(4,5)6)17(3)14-20(18)22(7,8)9;1-2-8-6-4-3-5-7-8/h14-15H,1,10-13H2,2-9H3;3-7H,2H2,1H3. The van der Waals surface area contributed by atoms with Crippen LogP contribution in [0.5, 0.6) is 0 Å². The SMILES string of the molecule is C=C(C)CCCCc1cc(C(C)(C)C)c(C)cc1C(C)(C)C.CCc1ccccc1. The lowest BCUT2D eigenvalue weighted by Crippen LogP contribution is -2.19. The van der Waals surface area contributed by atoms with E-state index in [9.17, 15) is 0 Å². The normalized spacial score (nSPS) is 11.6. The molecule has 0 aliphatic rings. The highest BCUT2D eigenvalue weighted by molar-refractivity contribution is 5.44. The molecule has 166 valence electrons. The predicted molar refractivity (Wildman–Crippen MR) is 137 cm³/mol. The lowest BCUT2D eigenvalue weighted by molar-refractivity contribution is 0.563. The van der Waals surface area contributed by atoms with Crippen LogP contribution >= 0.6 is 0 Å². The molecule has 0 saturated carbocycles. The molecule has 2 aromatic carbocycles. The van der Waals surface area contributed by atoms with Gasteiger partial charge in [-0.2, -0.15) is 0 Å². The van der Waals surface area contributed by atoms with Crippen molar-refractivity contribution in [2.24, 2.45) is 0 Å². The largest absolute Gasteiger partial charge is 0.100 e. The maximum atomic E-state index is 4.01. The summed E-state index contributed by atoms with van der Waals surface area (Å²) in [5.41, 5.74) is 9.14. The van der Waals surface area contributed by atoms with E-state index in [0.29, 0.717) is 0 Å². The Morgan fingerprint density at radius 1 is 0.833 bits per heavy atom.